The third kappa shape index (κ3) is 11.8. The smallest absolute Gasteiger partial charge is 0.207 e. The highest BCUT2D eigenvalue weighted by molar-refractivity contribution is 5.96. The van der Waals surface area contributed by atoms with E-state index >= 15 is 0 Å². The number of allylic oxidation sites excluding steroid dienone is 10. The van der Waals surface area contributed by atoms with Gasteiger partial charge >= 0.3 is 0 Å². The molecule has 0 spiro atoms. The van der Waals surface area contributed by atoms with Gasteiger partial charge in [-0.25, -0.2) is 8.78 Å². The minimum atomic E-state index is -0.172. The number of hydrogen-bond acceptors (Lipinski definition) is 0. The Kier molecular flexibility index (Phi) is 18.2. The maximum atomic E-state index is 14.6. The Morgan fingerprint density at radius 2 is 0.723 bits per heavy atom. The van der Waals surface area contributed by atoms with Crippen molar-refractivity contribution < 1.29 is 31.6 Å². The summed E-state index contributed by atoms with van der Waals surface area (Å²) < 4.78 is 40.7. The van der Waals surface area contributed by atoms with Crippen molar-refractivity contribution in [2.75, 3.05) is 0 Å². The van der Waals surface area contributed by atoms with Crippen molar-refractivity contribution in [2.45, 2.75) is 178 Å². The van der Waals surface area contributed by atoms with Crippen LogP contribution in [-0.2, 0) is 32.7 Å². The lowest BCUT2D eigenvalue weighted by atomic mass is 9.98. The number of para-hydroxylation sites is 2. The van der Waals surface area contributed by atoms with E-state index in [1.54, 1.807) is 62.8 Å². The standard InChI is InChI=1S/2C21H17FN.3C16H16N.2C2H6/c22-18-10-12-20-17(21(18)14-5-2-1-3-6-14)9-11-19-16-8-4-7-15(16)13-23(19)20;22-16-9-10-20-19(11-16)18(14-5-2-1-3-6-14)12-21-17-8-4-7-15(17)13-23(20)21;1-11-4-2-7-15-13(11)8-9-16-14-6-3-5-12(14)10-17(15)16;1-11-9-16-14-7-4-5-12(14)10-17(16)15-8-3-2-6-13(11)15;1-11-9-12-5-2-3-8-15(12)17-10-13-6-4-7-14(13)16(11)17;2*1-2/h2*1-3,5-6,9-12H,4,7-8,13H2;2,4,7-9H,3,5-6,10H2,1H3;2-3,6,8-9H,4-5,7,10H2,1H3;2-3,5,8-9H,4,6-7,10H2,1H3;2*1-2H3/q5*+1;;. The minimum Gasteiger partial charge on any atom is -0.207 e. The molecule has 5 nitrogen and oxygen atoms in total. The average Bonchev–Trinajstić information content (AvgIpc) is 1.66. The maximum absolute atomic E-state index is 14.6. The molecule has 0 N–H and O–H groups in total. The number of nitrogens with zero attached hydrogens (tertiary/aromatic N) is 5. The second-order valence-corrected chi connectivity index (χ2v) is 28.7. The summed E-state index contributed by atoms with van der Waals surface area (Å²) in [5.41, 5.74) is 37.9. The highest BCUT2D eigenvalue weighted by atomic mass is 19.1. The van der Waals surface area contributed by atoms with Gasteiger partial charge in [-0.05, 0) is 188 Å². The van der Waals surface area contributed by atoms with Crippen LogP contribution in [0.5, 0.6) is 0 Å². The first-order chi connectivity index (χ1) is 49.7. The molecule has 12 aromatic rings. The number of fused-ring (bicyclic) bond motifs is 20. The Labute approximate surface area is 595 Å². The molecule has 101 heavy (non-hydrogen) atoms. The molecule has 7 heteroatoms. The highest BCUT2D eigenvalue weighted by Crippen LogP contribution is 2.44. The summed E-state index contributed by atoms with van der Waals surface area (Å²) in [6.07, 6.45) is 19.2. The fourth-order valence-electron chi connectivity index (χ4n) is 18.7. The zero-order valence-corrected chi connectivity index (χ0v) is 60.2. The number of benzene rings is 7. The Balaban J connectivity index is 0.0000000974. The van der Waals surface area contributed by atoms with E-state index in [2.05, 4.69) is 165 Å². The van der Waals surface area contributed by atoms with Gasteiger partial charge in [-0.15, -0.1) is 0 Å². The Morgan fingerprint density at radius 3 is 1.33 bits per heavy atom. The number of aromatic nitrogens is 5. The van der Waals surface area contributed by atoms with Crippen LogP contribution < -0.4 is 22.8 Å². The van der Waals surface area contributed by atoms with E-state index in [-0.39, 0.29) is 11.6 Å². The van der Waals surface area contributed by atoms with E-state index in [1.165, 1.54) is 185 Å². The summed E-state index contributed by atoms with van der Waals surface area (Å²) in [6, 6.07) is 69.0. The highest BCUT2D eigenvalue weighted by Gasteiger charge is 2.39. The van der Waals surface area contributed by atoms with Gasteiger partial charge < -0.3 is 0 Å². The first-order valence-corrected chi connectivity index (χ1v) is 37.9. The van der Waals surface area contributed by atoms with Crippen molar-refractivity contribution in [1.82, 2.24) is 0 Å². The monoisotopic (exact) mass is 1330 g/mol. The van der Waals surface area contributed by atoms with Crippen LogP contribution in [0, 0.1) is 32.4 Å². The number of aryl methyl sites for hydroxylation is 3. The normalized spacial score (nSPS) is 16.4. The van der Waals surface area contributed by atoms with Crippen molar-refractivity contribution in [3.8, 4) is 22.3 Å². The van der Waals surface area contributed by atoms with E-state index in [0.29, 0.717) is 5.56 Å². The first-order valence-electron chi connectivity index (χ1n) is 37.9. The van der Waals surface area contributed by atoms with Crippen LogP contribution in [-0.4, -0.2) is 0 Å². The lowest BCUT2D eigenvalue weighted by Gasteiger charge is -2.09. The van der Waals surface area contributed by atoms with E-state index < -0.39 is 0 Å². The third-order valence-corrected chi connectivity index (χ3v) is 23.1. The third-order valence-electron chi connectivity index (χ3n) is 23.1. The van der Waals surface area contributed by atoms with E-state index in [4.69, 9.17) is 0 Å². The average molecular weight is 1330 g/mol. The summed E-state index contributed by atoms with van der Waals surface area (Å²) in [7, 11) is 0. The molecule has 0 saturated heterocycles. The first kappa shape index (κ1) is 65.7. The van der Waals surface area contributed by atoms with Gasteiger partial charge in [0.1, 0.15) is 11.6 Å². The summed E-state index contributed by atoms with van der Waals surface area (Å²) in [4.78, 5) is 0. The molecule has 0 atom stereocenters. The van der Waals surface area contributed by atoms with Crippen LogP contribution in [0.4, 0.5) is 8.78 Å². The van der Waals surface area contributed by atoms with Crippen LogP contribution in [0.25, 0.3) is 105 Å². The molecule has 10 heterocycles. The van der Waals surface area contributed by atoms with Crippen molar-refractivity contribution >= 4 is 82.4 Å². The Hall–Kier alpha value is -9.85. The van der Waals surface area contributed by atoms with Gasteiger partial charge in [0.2, 0.25) is 56.1 Å². The molecule has 504 valence electrons. The predicted octanol–water partition coefficient (Wildman–Crippen LogP) is 22.0. The number of hydrogen-bond donors (Lipinski definition) is 0. The van der Waals surface area contributed by atoms with Gasteiger partial charge in [-0.3, -0.25) is 0 Å². The van der Waals surface area contributed by atoms with Crippen LogP contribution >= 0.6 is 0 Å². The topological polar surface area (TPSA) is 19.4 Å². The van der Waals surface area contributed by atoms with Crippen molar-refractivity contribution in [2.24, 2.45) is 0 Å². The summed E-state index contributed by atoms with van der Waals surface area (Å²) >= 11 is 0. The van der Waals surface area contributed by atoms with Gasteiger partial charge in [0.05, 0.1) is 10.8 Å². The van der Waals surface area contributed by atoms with Crippen molar-refractivity contribution in [1.29, 1.82) is 0 Å². The van der Waals surface area contributed by atoms with E-state index in [1.807, 2.05) is 88.4 Å². The lowest BCUT2D eigenvalue weighted by Crippen LogP contribution is -2.36. The molecule has 0 radical (unpaired) electrons. The largest absolute Gasteiger partial charge is 0.214 e. The molecule has 0 bridgehead atoms. The van der Waals surface area contributed by atoms with Crippen molar-refractivity contribution in [3.63, 3.8) is 0 Å². The second-order valence-electron chi connectivity index (χ2n) is 28.7. The summed E-state index contributed by atoms with van der Waals surface area (Å²) in [5.74, 6) is -0.323. The number of pyridine rings is 5. The van der Waals surface area contributed by atoms with Gasteiger partial charge in [0.15, 0.2) is 32.7 Å². The zero-order valence-electron chi connectivity index (χ0n) is 60.2. The van der Waals surface area contributed by atoms with E-state index in [9.17, 15) is 8.78 Å². The number of halogens is 2. The molecular weight excluding hydrogens is 1240 g/mol. The number of rotatable bonds is 2. The molecule has 0 unspecified atom stereocenters. The molecule has 0 amide bonds. The van der Waals surface area contributed by atoms with Gasteiger partial charge in [0.25, 0.3) is 0 Å². The molecule has 7 aromatic carbocycles. The lowest BCUT2D eigenvalue weighted by molar-refractivity contribution is -0.661. The summed E-state index contributed by atoms with van der Waals surface area (Å²) in [6.45, 7) is 20.0. The van der Waals surface area contributed by atoms with Gasteiger partial charge in [-0.1, -0.05) is 125 Å². The van der Waals surface area contributed by atoms with Gasteiger partial charge in [-0.2, -0.15) is 22.8 Å². The summed E-state index contributed by atoms with van der Waals surface area (Å²) in [5, 5.41) is 6.17. The predicted molar refractivity (Wildman–Crippen MR) is 412 cm³/mol. The van der Waals surface area contributed by atoms with Crippen molar-refractivity contribution in [3.05, 3.63) is 285 Å². The van der Waals surface area contributed by atoms with Crippen LogP contribution in [0.1, 0.15) is 169 Å². The van der Waals surface area contributed by atoms with Crippen LogP contribution in [0.3, 0.4) is 0 Å². The molecule has 10 aliphatic rings. The molecule has 0 saturated carbocycles. The molecule has 5 aromatic heterocycles. The SMILES string of the molecule is CC.CC.Cc1cc2[n+](c3ccccc13)CC1=C2CCC1.Cc1cc2ccccc2[n+]2c1C1=C(CCC1)C2.Cc1cccc2c1ccc1[n+]2CC2=C1CCC2.Fc1ccc2c(c1)c(-c1ccccc1)cc1[n+]2CC2=C1CCC2.Fc1ccc2c(ccc3[n+]2CC2=C3CCC2)c1-c1ccccc1. The molecule has 22 rings (SSSR count). The molecule has 5 aliphatic carbocycles. The molecule has 5 aliphatic heterocycles. The fraction of sp³-hybridized carbons (Fsp3) is 0.287. The zero-order chi connectivity index (χ0) is 69.0. The minimum absolute atomic E-state index is 0.150. The van der Waals surface area contributed by atoms with Crippen LogP contribution in [0.2, 0.25) is 0 Å². The second kappa shape index (κ2) is 27.9. The molecule has 0 fully saturated rings. The maximum Gasteiger partial charge on any atom is 0.214 e. The fourth-order valence-corrected chi connectivity index (χ4v) is 18.7. The molecular formula is C94H94F2N5+5. The quantitative estimate of drug-likeness (QED) is 0.154. The van der Waals surface area contributed by atoms with E-state index in [0.717, 1.165) is 71.2 Å². The Morgan fingerprint density at radius 1 is 0.287 bits per heavy atom. The van der Waals surface area contributed by atoms with Crippen LogP contribution in [0.15, 0.2) is 228 Å². The Bertz CT molecular complexity index is 5470. The van der Waals surface area contributed by atoms with Gasteiger partial charge in [0, 0.05) is 143 Å².